The Kier molecular flexibility index (Phi) is 3.14. The maximum atomic E-state index is 5.18. The fourth-order valence-electron chi connectivity index (χ4n) is 0.938. The number of hydrogen-bond donors (Lipinski definition) is 0. The van der Waals surface area contributed by atoms with Crippen LogP contribution in [0.4, 0.5) is 0 Å². The molecule has 58 valence electrons. The summed E-state index contributed by atoms with van der Waals surface area (Å²) in [7, 11) is 1.53. The summed E-state index contributed by atoms with van der Waals surface area (Å²) in [5.41, 5.74) is 1.58. The van der Waals surface area contributed by atoms with Gasteiger partial charge in [-0.05, 0) is 12.1 Å². The van der Waals surface area contributed by atoms with Crippen molar-refractivity contribution in [2.75, 3.05) is 7.11 Å². The van der Waals surface area contributed by atoms with Crippen molar-refractivity contribution in [3.05, 3.63) is 24.3 Å². The summed E-state index contributed by atoms with van der Waals surface area (Å²) in [6.45, 7) is 0. The van der Waals surface area contributed by atoms with E-state index in [2.05, 4.69) is 4.98 Å². The molecule has 0 aliphatic rings. The molecule has 1 aromatic heterocycles. The zero-order valence-corrected chi connectivity index (χ0v) is 9.07. The first-order valence-electron chi connectivity index (χ1n) is 3.30. The van der Waals surface area contributed by atoms with Gasteiger partial charge in [-0.15, -0.1) is 0 Å². The smallest absolute Gasteiger partial charge is 1.00 e. The van der Waals surface area contributed by atoms with E-state index in [-0.39, 0.29) is 31.0 Å². The fraction of sp³-hybridized carbons (Fsp3) is 0.125. The van der Waals surface area contributed by atoms with Crippen molar-refractivity contribution < 1.29 is 40.1 Å². The average Bonchev–Trinajstić information content (AvgIpc) is 2.46. The van der Waals surface area contributed by atoms with Gasteiger partial charge >= 0.3 is 35.6 Å². The minimum atomic E-state index is 0. The molecule has 0 aliphatic carbocycles. The first-order chi connectivity index (χ1) is 5.40. The Morgan fingerprint density at radius 2 is 2.17 bits per heavy atom. The third kappa shape index (κ3) is 1.63. The van der Waals surface area contributed by atoms with Crippen LogP contribution in [0.3, 0.4) is 0 Å². The van der Waals surface area contributed by atoms with Gasteiger partial charge in [0.05, 0.1) is 7.11 Å². The van der Waals surface area contributed by atoms with Crippen molar-refractivity contribution in [2.45, 2.75) is 0 Å². The van der Waals surface area contributed by atoms with Gasteiger partial charge in [-0.25, -0.2) is 0 Å². The average molecular weight is 173 g/mol. The van der Waals surface area contributed by atoms with Crippen LogP contribution in [0.25, 0.3) is 11.1 Å². The van der Waals surface area contributed by atoms with Crippen LogP contribution in [0, 0.1) is 0 Å². The van der Waals surface area contributed by atoms with Gasteiger partial charge in [0.25, 0.3) is 0 Å². The molecule has 3 nitrogen and oxygen atoms in total. The van der Waals surface area contributed by atoms with Crippen molar-refractivity contribution in [3.8, 4) is 6.08 Å². The Morgan fingerprint density at radius 1 is 1.42 bits per heavy atom. The number of ether oxygens (including phenoxy) is 1. The Morgan fingerprint density at radius 3 is 2.83 bits per heavy atom. The number of nitrogens with zero attached hydrogens (tertiary/aromatic N) is 1. The molecule has 0 N–H and O–H groups in total. The van der Waals surface area contributed by atoms with Gasteiger partial charge in [-0.2, -0.15) is 4.98 Å². The molecule has 0 amide bonds. The predicted octanol–water partition coefficient (Wildman–Crippen LogP) is -1.05. The Labute approximate surface area is 93.5 Å². The fourth-order valence-corrected chi connectivity index (χ4v) is 0.938. The predicted molar refractivity (Wildman–Crippen MR) is 41.7 cm³/mol. The zero-order chi connectivity index (χ0) is 7.68. The Balaban J connectivity index is 0.000000720. The number of aromatic nitrogens is 1. The second kappa shape index (κ2) is 3.94. The molecule has 0 spiro atoms. The number of hydrogen-bond acceptors (Lipinski definition) is 3. The van der Waals surface area contributed by atoms with E-state index in [0.29, 0.717) is 6.08 Å². The molecule has 0 aliphatic heterocycles. The normalized spacial score (nSPS) is 9.42. The molecule has 4 heteroatoms. The van der Waals surface area contributed by atoms with Crippen molar-refractivity contribution in [1.82, 2.24) is 4.98 Å². The number of benzene rings is 1. The number of rotatable bonds is 1. The summed E-state index contributed by atoms with van der Waals surface area (Å²) >= 11 is 0. The van der Waals surface area contributed by atoms with E-state index < -0.39 is 0 Å². The second-order valence-electron chi connectivity index (χ2n) is 2.15. The SMILES string of the molecule is COc1nc2ccccc2o1.[H-].[Na+]. The minimum Gasteiger partial charge on any atom is -1.00 e. The van der Waals surface area contributed by atoms with E-state index in [1.165, 1.54) is 7.11 Å². The van der Waals surface area contributed by atoms with Crippen LogP contribution in [-0.4, -0.2) is 12.1 Å². The molecule has 12 heavy (non-hydrogen) atoms. The Hall–Kier alpha value is -0.510. The van der Waals surface area contributed by atoms with E-state index in [4.69, 9.17) is 9.15 Å². The molecular weight excluding hydrogens is 165 g/mol. The topological polar surface area (TPSA) is 35.3 Å². The molecule has 2 aromatic rings. The molecule has 0 saturated heterocycles. The Bertz CT molecular complexity index is 344. The number of oxazole rings is 1. The quantitative estimate of drug-likeness (QED) is 0.516. The van der Waals surface area contributed by atoms with E-state index in [1.807, 2.05) is 24.3 Å². The second-order valence-corrected chi connectivity index (χ2v) is 2.15. The van der Waals surface area contributed by atoms with Gasteiger partial charge in [0.2, 0.25) is 0 Å². The minimum absolute atomic E-state index is 0. The standard InChI is InChI=1S/C8H7NO2.Na.H/c1-10-8-9-6-4-2-3-5-7(6)11-8;;/h2-5H,1H3;;/q;+1;-1. The van der Waals surface area contributed by atoms with E-state index in [1.54, 1.807) is 0 Å². The first kappa shape index (κ1) is 9.58. The summed E-state index contributed by atoms with van der Waals surface area (Å²) in [4.78, 5) is 4.04. The number of para-hydroxylation sites is 2. The van der Waals surface area contributed by atoms with Crippen LogP contribution < -0.4 is 34.3 Å². The number of methoxy groups -OCH3 is 1. The summed E-state index contributed by atoms with van der Waals surface area (Å²) < 4.78 is 10.0. The van der Waals surface area contributed by atoms with Crippen molar-refractivity contribution in [3.63, 3.8) is 0 Å². The summed E-state index contributed by atoms with van der Waals surface area (Å²) in [6.07, 6.45) is 0.311. The van der Waals surface area contributed by atoms with Crippen LogP contribution in [0.5, 0.6) is 6.08 Å². The van der Waals surface area contributed by atoms with Crippen LogP contribution >= 0.6 is 0 Å². The van der Waals surface area contributed by atoms with Gasteiger partial charge in [-0.1, -0.05) is 12.1 Å². The molecular formula is C8H8NNaO2. The number of fused-ring (bicyclic) bond motifs is 1. The summed E-state index contributed by atoms with van der Waals surface area (Å²) in [5.74, 6) is 0. The van der Waals surface area contributed by atoms with Crippen molar-refractivity contribution in [2.24, 2.45) is 0 Å². The van der Waals surface area contributed by atoms with E-state index >= 15 is 0 Å². The summed E-state index contributed by atoms with van der Waals surface area (Å²) in [5, 5.41) is 0. The monoisotopic (exact) mass is 173 g/mol. The molecule has 0 unspecified atom stereocenters. The molecule has 0 radical (unpaired) electrons. The zero-order valence-electron chi connectivity index (χ0n) is 8.07. The van der Waals surface area contributed by atoms with Crippen LogP contribution in [0.2, 0.25) is 0 Å². The van der Waals surface area contributed by atoms with E-state index in [0.717, 1.165) is 11.1 Å². The largest absolute Gasteiger partial charge is 1.00 e. The van der Waals surface area contributed by atoms with Gasteiger partial charge in [0, 0.05) is 0 Å². The first-order valence-corrected chi connectivity index (χ1v) is 3.30. The summed E-state index contributed by atoms with van der Waals surface area (Å²) in [6, 6.07) is 7.53. The maximum absolute atomic E-state index is 5.18. The molecule has 0 atom stereocenters. The molecule has 0 saturated carbocycles. The van der Waals surface area contributed by atoms with Gasteiger partial charge in [-0.3, -0.25) is 0 Å². The molecule has 0 fully saturated rings. The molecule has 1 heterocycles. The third-order valence-corrected chi connectivity index (χ3v) is 1.45. The van der Waals surface area contributed by atoms with Crippen molar-refractivity contribution >= 4 is 11.1 Å². The molecule has 2 rings (SSSR count). The molecule has 0 bridgehead atoms. The van der Waals surface area contributed by atoms with Crippen molar-refractivity contribution in [1.29, 1.82) is 0 Å². The van der Waals surface area contributed by atoms with Crippen LogP contribution in [0.1, 0.15) is 1.43 Å². The van der Waals surface area contributed by atoms with Gasteiger partial charge in [0.15, 0.2) is 5.58 Å². The van der Waals surface area contributed by atoms with E-state index in [9.17, 15) is 0 Å². The van der Waals surface area contributed by atoms with Crippen LogP contribution in [-0.2, 0) is 0 Å². The van der Waals surface area contributed by atoms with Gasteiger partial charge in [0.1, 0.15) is 5.52 Å². The van der Waals surface area contributed by atoms with Crippen LogP contribution in [0.15, 0.2) is 28.7 Å². The maximum Gasteiger partial charge on any atom is 1.00 e. The third-order valence-electron chi connectivity index (χ3n) is 1.45. The van der Waals surface area contributed by atoms with Gasteiger partial charge < -0.3 is 10.6 Å². The molecule has 1 aromatic carbocycles.